The summed E-state index contributed by atoms with van der Waals surface area (Å²) < 4.78 is 6.58. The molecule has 2 aromatic rings. The van der Waals surface area contributed by atoms with Gasteiger partial charge in [0.25, 0.3) is 5.91 Å². The highest BCUT2D eigenvalue weighted by molar-refractivity contribution is 9.10. The molecule has 2 rings (SSSR count). The van der Waals surface area contributed by atoms with Crippen LogP contribution in [-0.4, -0.2) is 18.5 Å². The van der Waals surface area contributed by atoms with Crippen LogP contribution in [0, 0.1) is 0 Å². The number of hydrogen-bond acceptors (Lipinski definition) is 3. The maximum atomic E-state index is 12.5. The quantitative estimate of drug-likeness (QED) is 0.779. The van der Waals surface area contributed by atoms with Crippen LogP contribution in [0.4, 0.5) is 4.79 Å². The van der Waals surface area contributed by atoms with Crippen molar-refractivity contribution in [3.8, 4) is 5.75 Å². The Morgan fingerprint density at radius 2 is 1.92 bits per heavy atom. The molecule has 0 saturated heterocycles. The number of carbonyl (C=O) groups is 2. The molecular formula is C17H16BrClN2O3. The fraction of sp³-hybridized carbons (Fsp3) is 0.176. The standard InChI is InChI=1S/C17H16BrClN2O3/c1-2-20-17(23)21-16(22)15(11-6-4-3-5-7-11)24-14-9-8-12(18)10-13(14)19/h3-10,15H,2H2,1H3,(H2,20,21,22,23)/t15-/m1/s1. The number of ether oxygens (including phenoxy) is 1. The Hall–Kier alpha value is -2.05. The van der Waals surface area contributed by atoms with Crippen LogP contribution in [0.1, 0.15) is 18.6 Å². The molecule has 0 bridgehead atoms. The van der Waals surface area contributed by atoms with E-state index in [4.69, 9.17) is 16.3 Å². The number of halogens is 2. The molecule has 0 aliphatic heterocycles. The zero-order chi connectivity index (χ0) is 17.5. The zero-order valence-electron chi connectivity index (χ0n) is 12.9. The van der Waals surface area contributed by atoms with Crippen molar-refractivity contribution in [3.05, 3.63) is 63.6 Å². The first kappa shape index (κ1) is 18.3. The largest absolute Gasteiger partial charge is 0.474 e. The Morgan fingerprint density at radius 3 is 2.54 bits per heavy atom. The summed E-state index contributed by atoms with van der Waals surface area (Å²) in [4.78, 5) is 24.1. The molecule has 3 amide bonds. The molecule has 0 saturated carbocycles. The van der Waals surface area contributed by atoms with Gasteiger partial charge in [-0.2, -0.15) is 0 Å². The van der Waals surface area contributed by atoms with E-state index in [0.717, 1.165) is 4.47 Å². The van der Waals surface area contributed by atoms with Crippen LogP contribution >= 0.6 is 27.5 Å². The summed E-state index contributed by atoms with van der Waals surface area (Å²) in [6.07, 6.45) is -1.01. The number of amides is 3. The van der Waals surface area contributed by atoms with Crippen LogP contribution < -0.4 is 15.4 Å². The van der Waals surface area contributed by atoms with E-state index in [2.05, 4.69) is 26.6 Å². The van der Waals surface area contributed by atoms with Crippen molar-refractivity contribution in [2.75, 3.05) is 6.54 Å². The van der Waals surface area contributed by atoms with E-state index in [-0.39, 0.29) is 0 Å². The van der Waals surface area contributed by atoms with Crippen molar-refractivity contribution in [2.24, 2.45) is 0 Å². The molecule has 24 heavy (non-hydrogen) atoms. The second-order valence-corrected chi connectivity index (χ2v) is 6.15. The number of benzene rings is 2. The Balaban J connectivity index is 2.26. The Bertz CT molecular complexity index is 725. The monoisotopic (exact) mass is 410 g/mol. The van der Waals surface area contributed by atoms with Gasteiger partial charge >= 0.3 is 6.03 Å². The summed E-state index contributed by atoms with van der Waals surface area (Å²) >= 11 is 9.47. The van der Waals surface area contributed by atoms with Gasteiger partial charge < -0.3 is 10.1 Å². The lowest BCUT2D eigenvalue weighted by Crippen LogP contribution is -2.42. The van der Waals surface area contributed by atoms with Gasteiger partial charge in [-0.05, 0) is 25.1 Å². The SMILES string of the molecule is CCNC(=O)NC(=O)[C@H](Oc1ccc(Br)cc1Cl)c1ccccc1. The summed E-state index contributed by atoms with van der Waals surface area (Å²) in [5.74, 6) is -0.231. The predicted molar refractivity (Wildman–Crippen MR) is 96.2 cm³/mol. The fourth-order valence-electron chi connectivity index (χ4n) is 1.98. The van der Waals surface area contributed by atoms with Gasteiger partial charge in [0.05, 0.1) is 5.02 Å². The highest BCUT2D eigenvalue weighted by Gasteiger charge is 2.25. The molecule has 0 spiro atoms. The minimum absolute atomic E-state index is 0.347. The molecule has 2 aromatic carbocycles. The number of imide groups is 1. The maximum absolute atomic E-state index is 12.5. The first-order valence-corrected chi connectivity index (χ1v) is 8.43. The van der Waals surface area contributed by atoms with Crippen LogP contribution in [0.3, 0.4) is 0 Å². The first-order valence-electron chi connectivity index (χ1n) is 7.26. The van der Waals surface area contributed by atoms with Crippen molar-refractivity contribution >= 4 is 39.5 Å². The normalized spacial score (nSPS) is 11.5. The van der Waals surface area contributed by atoms with Crippen molar-refractivity contribution in [3.63, 3.8) is 0 Å². The third-order valence-corrected chi connectivity index (χ3v) is 3.84. The van der Waals surface area contributed by atoms with Crippen molar-refractivity contribution in [1.82, 2.24) is 10.6 Å². The second kappa shape index (κ2) is 8.70. The van der Waals surface area contributed by atoms with Gasteiger partial charge in [-0.3, -0.25) is 10.1 Å². The molecule has 5 nitrogen and oxygen atoms in total. The molecule has 2 N–H and O–H groups in total. The van der Waals surface area contributed by atoms with Crippen LogP contribution in [-0.2, 0) is 4.79 Å². The molecule has 0 aromatic heterocycles. The predicted octanol–water partition coefficient (Wildman–Crippen LogP) is 4.07. The van der Waals surface area contributed by atoms with E-state index in [1.165, 1.54) is 0 Å². The molecule has 126 valence electrons. The van der Waals surface area contributed by atoms with E-state index < -0.39 is 18.0 Å². The molecule has 7 heteroatoms. The van der Waals surface area contributed by atoms with Crippen LogP contribution in [0.15, 0.2) is 53.0 Å². The molecule has 1 atom stereocenters. The minimum Gasteiger partial charge on any atom is -0.474 e. The third kappa shape index (κ3) is 4.97. The number of rotatable bonds is 5. The van der Waals surface area contributed by atoms with E-state index in [9.17, 15) is 9.59 Å². The van der Waals surface area contributed by atoms with E-state index in [1.54, 1.807) is 49.4 Å². The Kier molecular flexibility index (Phi) is 6.63. The highest BCUT2D eigenvalue weighted by Crippen LogP contribution is 2.31. The number of carbonyl (C=O) groups excluding carboxylic acids is 2. The number of hydrogen-bond donors (Lipinski definition) is 2. The second-order valence-electron chi connectivity index (χ2n) is 4.83. The molecule has 0 radical (unpaired) electrons. The van der Waals surface area contributed by atoms with Crippen molar-refractivity contribution in [1.29, 1.82) is 0 Å². The van der Waals surface area contributed by atoms with Crippen molar-refractivity contribution < 1.29 is 14.3 Å². The third-order valence-electron chi connectivity index (χ3n) is 3.05. The van der Waals surface area contributed by atoms with Gasteiger partial charge in [-0.15, -0.1) is 0 Å². The Labute approximate surface area is 153 Å². The Morgan fingerprint density at radius 1 is 1.21 bits per heavy atom. The maximum Gasteiger partial charge on any atom is 0.321 e. The van der Waals surface area contributed by atoms with Crippen molar-refractivity contribution in [2.45, 2.75) is 13.0 Å². The van der Waals surface area contributed by atoms with E-state index in [1.807, 2.05) is 6.07 Å². The highest BCUT2D eigenvalue weighted by atomic mass is 79.9. The van der Waals surface area contributed by atoms with Gasteiger partial charge in [-0.1, -0.05) is 57.9 Å². The molecule has 0 aliphatic carbocycles. The lowest BCUT2D eigenvalue weighted by Gasteiger charge is -2.19. The summed E-state index contributed by atoms with van der Waals surface area (Å²) in [6, 6.07) is 13.4. The number of nitrogens with one attached hydrogen (secondary N) is 2. The molecule has 0 heterocycles. The van der Waals surface area contributed by atoms with Crippen LogP contribution in [0.5, 0.6) is 5.75 Å². The summed E-state index contributed by atoms with van der Waals surface area (Å²) in [7, 11) is 0. The molecule has 0 aliphatic rings. The molecular weight excluding hydrogens is 396 g/mol. The van der Waals surface area contributed by atoms with Gasteiger partial charge in [0, 0.05) is 16.6 Å². The lowest BCUT2D eigenvalue weighted by atomic mass is 10.1. The fourth-order valence-corrected chi connectivity index (χ4v) is 2.70. The summed E-state index contributed by atoms with van der Waals surface area (Å²) in [5.41, 5.74) is 0.610. The molecule has 0 unspecified atom stereocenters. The topological polar surface area (TPSA) is 67.4 Å². The average molecular weight is 412 g/mol. The van der Waals surface area contributed by atoms with E-state index in [0.29, 0.717) is 22.9 Å². The number of urea groups is 1. The van der Waals surface area contributed by atoms with Gasteiger partial charge in [0.2, 0.25) is 6.10 Å². The minimum atomic E-state index is -1.01. The zero-order valence-corrected chi connectivity index (χ0v) is 15.2. The lowest BCUT2D eigenvalue weighted by molar-refractivity contribution is -0.127. The van der Waals surface area contributed by atoms with Gasteiger partial charge in [0.1, 0.15) is 5.75 Å². The molecule has 0 fully saturated rings. The smallest absolute Gasteiger partial charge is 0.321 e. The van der Waals surface area contributed by atoms with Crippen LogP contribution in [0.25, 0.3) is 0 Å². The first-order chi connectivity index (χ1) is 11.5. The van der Waals surface area contributed by atoms with E-state index >= 15 is 0 Å². The summed E-state index contributed by atoms with van der Waals surface area (Å²) in [6.45, 7) is 2.17. The average Bonchev–Trinajstić information content (AvgIpc) is 2.55. The van der Waals surface area contributed by atoms with Gasteiger partial charge in [0.15, 0.2) is 0 Å². The van der Waals surface area contributed by atoms with Gasteiger partial charge in [-0.25, -0.2) is 4.79 Å². The summed E-state index contributed by atoms with van der Waals surface area (Å²) in [5, 5.41) is 5.13. The van der Waals surface area contributed by atoms with Crippen LogP contribution in [0.2, 0.25) is 5.02 Å².